The number of hydrogen-bond donors (Lipinski definition) is 2. The van der Waals surface area contributed by atoms with Crippen molar-refractivity contribution in [2.75, 3.05) is 16.3 Å². The zero-order valence-corrected chi connectivity index (χ0v) is 11.8. The van der Waals surface area contributed by atoms with Gasteiger partial charge in [-0.25, -0.2) is 13.4 Å². The molecule has 0 atom stereocenters. The van der Waals surface area contributed by atoms with Gasteiger partial charge in [0.1, 0.15) is 0 Å². The van der Waals surface area contributed by atoms with Crippen LogP contribution in [0.4, 0.5) is 15.8 Å². The van der Waals surface area contributed by atoms with Gasteiger partial charge in [0.05, 0.1) is 17.5 Å². The van der Waals surface area contributed by atoms with Crippen LogP contribution in [0.5, 0.6) is 0 Å². The first-order chi connectivity index (χ1) is 9.85. The number of nitrogens with zero attached hydrogens (tertiary/aromatic N) is 1. The molecule has 1 amide bonds. The minimum Gasteiger partial charge on any atom is -0.322 e. The fourth-order valence-corrected chi connectivity index (χ4v) is 2.18. The number of halogens is 1. The number of benzene rings is 1. The van der Waals surface area contributed by atoms with Crippen molar-refractivity contribution < 1.29 is 17.6 Å². The Morgan fingerprint density at radius 2 is 1.90 bits per heavy atom. The Morgan fingerprint density at radius 3 is 2.57 bits per heavy atom. The lowest BCUT2D eigenvalue weighted by Gasteiger charge is -2.08. The molecule has 0 aliphatic carbocycles. The minimum atomic E-state index is -3.41. The summed E-state index contributed by atoms with van der Waals surface area (Å²) in [6.07, 6.45) is 2.26. The smallest absolute Gasteiger partial charge is 0.260 e. The fraction of sp³-hybridized carbons (Fsp3) is 0.0769. The number of rotatable bonds is 4. The van der Waals surface area contributed by atoms with Crippen molar-refractivity contribution in [2.45, 2.75) is 0 Å². The SMILES string of the molecule is CS(=O)(=O)Nc1cccc(NC(=O)c2cccnc2F)c1. The molecule has 110 valence electrons. The number of anilines is 2. The Balaban J connectivity index is 2.19. The lowest BCUT2D eigenvalue weighted by Crippen LogP contribution is -2.15. The molecular formula is C13H12FN3O3S. The third-order valence-electron chi connectivity index (χ3n) is 2.43. The number of carbonyl (C=O) groups is 1. The van der Waals surface area contributed by atoms with Crippen LogP contribution >= 0.6 is 0 Å². The lowest BCUT2D eigenvalue weighted by molar-refractivity contribution is 0.102. The summed E-state index contributed by atoms with van der Waals surface area (Å²) >= 11 is 0. The average Bonchev–Trinajstić information content (AvgIpc) is 2.37. The van der Waals surface area contributed by atoms with Crippen LogP contribution in [0.25, 0.3) is 0 Å². The highest BCUT2D eigenvalue weighted by atomic mass is 32.2. The van der Waals surface area contributed by atoms with Gasteiger partial charge in [0.2, 0.25) is 16.0 Å². The van der Waals surface area contributed by atoms with Crippen molar-refractivity contribution in [3.63, 3.8) is 0 Å². The summed E-state index contributed by atoms with van der Waals surface area (Å²) in [5.74, 6) is -1.54. The average molecular weight is 309 g/mol. The number of carbonyl (C=O) groups excluding carboxylic acids is 1. The molecule has 21 heavy (non-hydrogen) atoms. The molecule has 0 bridgehead atoms. The number of hydrogen-bond acceptors (Lipinski definition) is 4. The highest BCUT2D eigenvalue weighted by Gasteiger charge is 2.12. The van der Waals surface area contributed by atoms with Crippen LogP contribution in [0.1, 0.15) is 10.4 Å². The third kappa shape index (κ3) is 4.25. The quantitative estimate of drug-likeness (QED) is 0.844. The van der Waals surface area contributed by atoms with Gasteiger partial charge in [-0.05, 0) is 30.3 Å². The van der Waals surface area contributed by atoms with E-state index in [0.717, 1.165) is 6.26 Å². The molecule has 1 aromatic carbocycles. The highest BCUT2D eigenvalue weighted by Crippen LogP contribution is 2.17. The maximum atomic E-state index is 13.4. The molecule has 0 fully saturated rings. The molecule has 6 nitrogen and oxygen atoms in total. The van der Waals surface area contributed by atoms with Gasteiger partial charge in [0.15, 0.2) is 0 Å². The Bertz CT molecular complexity index is 778. The summed E-state index contributed by atoms with van der Waals surface area (Å²) in [5.41, 5.74) is 0.429. The standard InChI is InChI=1S/C13H12FN3O3S/c1-21(19,20)17-10-5-2-4-9(8-10)16-13(18)11-6-3-7-15-12(11)14/h2-8,17H,1H3,(H,16,18). The van der Waals surface area contributed by atoms with Gasteiger partial charge >= 0.3 is 0 Å². The van der Waals surface area contributed by atoms with E-state index in [1.165, 1.54) is 30.5 Å². The molecule has 2 rings (SSSR count). The first kappa shape index (κ1) is 14.9. The van der Waals surface area contributed by atoms with Gasteiger partial charge in [0, 0.05) is 11.9 Å². The molecule has 0 saturated carbocycles. The van der Waals surface area contributed by atoms with Gasteiger partial charge in [-0.3, -0.25) is 9.52 Å². The largest absolute Gasteiger partial charge is 0.322 e. The summed E-state index contributed by atoms with van der Waals surface area (Å²) in [5, 5.41) is 2.47. The van der Waals surface area contributed by atoms with Crippen LogP contribution in [0.2, 0.25) is 0 Å². The number of amides is 1. The van der Waals surface area contributed by atoms with Gasteiger partial charge in [-0.1, -0.05) is 6.07 Å². The number of aromatic nitrogens is 1. The van der Waals surface area contributed by atoms with Crippen molar-refractivity contribution in [3.8, 4) is 0 Å². The molecule has 1 heterocycles. The Kier molecular flexibility index (Phi) is 4.18. The van der Waals surface area contributed by atoms with Crippen molar-refractivity contribution in [1.29, 1.82) is 0 Å². The van der Waals surface area contributed by atoms with Crippen molar-refractivity contribution in [2.24, 2.45) is 0 Å². The minimum absolute atomic E-state index is 0.195. The third-order valence-corrected chi connectivity index (χ3v) is 3.03. The maximum absolute atomic E-state index is 13.4. The van der Waals surface area contributed by atoms with E-state index in [1.807, 2.05) is 0 Å². The molecule has 0 aliphatic heterocycles. The molecule has 2 N–H and O–H groups in total. The number of sulfonamides is 1. The van der Waals surface area contributed by atoms with E-state index in [4.69, 9.17) is 0 Å². The second kappa shape index (κ2) is 5.88. The first-order valence-electron chi connectivity index (χ1n) is 5.85. The van der Waals surface area contributed by atoms with Crippen LogP contribution in [-0.4, -0.2) is 25.6 Å². The second-order valence-electron chi connectivity index (χ2n) is 4.25. The van der Waals surface area contributed by atoms with Gasteiger partial charge in [0.25, 0.3) is 5.91 Å². The first-order valence-corrected chi connectivity index (χ1v) is 7.74. The van der Waals surface area contributed by atoms with Crippen LogP contribution in [-0.2, 0) is 10.0 Å². The summed E-state index contributed by atoms with van der Waals surface area (Å²) in [7, 11) is -3.41. The van der Waals surface area contributed by atoms with E-state index in [-0.39, 0.29) is 5.56 Å². The normalized spacial score (nSPS) is 11.0. The van der Waals surface area contributed by atoms with Crippen molar-refractivity contribution in [3.05, 3.63) is 54.1 Å². The van der Waals surface area contributed by atoms with Crippen LogP contribution in [0, 0.1) is 5.95 Å². The molecule has 0 radical (unpaired) electrons. The van der Waals surface area contributed by atoms with Crippen molar-refractivity contribution >= 4 is 27.3 Å². The number of nitrogens with one attached hydrogen (secondary N) is 2. The predicted octanol–water partition coefficient (Wildman–Crippen LogP) is 1.84. The van der Waals surface area contributed by atoms with Crippen LogP contribution < -0.4 is 10.0 Å². The van der Waals surface area contributed by atoms with Crippen molar-refractivity contribution in [1.82, 2.24) is 4.98 Å². The van der Waals surface area contributed by atoms with E-state index in [9.17, 15) is 17.6 Å². The second-order valence-corrected chi connectivity index (χ2v) is 6.00. The molecule has 8 heteroatoms. The Hall–Kier alpha value is -2.48. The van der Waals surface area contributed by atoms with Gasteiger partial charge < -0.3 is 5.32 Å². The Morgan fingerprint density at radius 1 is 1.19 bits per heavy atom. The fourth-order valence-electron chi connectivity index (χ4n) is 1.63. The molecule has 0 aliphatic rings. The predicted molar refractivity (Wildman–Crippen MR) is 77.1 cm³/mol. The zero-order chi connectivity index (χ0) is 15.5. The molecular weight excluding hydrogens is 297 g/mol. The summed E-state index contributed by atoms with van der Waals surface area (Å²) in [6, 6.07) is 8.81. The van der Waals surface area contributed by atoms with Gasteiger partial charge in [-0.2, -0.15) is 4.39 Å². The maximum Gasteiger partial charge on any atom is 0.260 e. The van der Waals surface area contributed by atoms with E-state index in [1.54, 1.807) is 12.1 Å². The molecule has 1 aromatic heterocycles. The number of pyridine rings is 1. The van der Waals surface area contributed by atoms with Gasteiger partial charge in [-0.15, -0.1) is 0 Å². The summed E-state index contributed by atoms with van der Waals surface area (Å²) in [4.78, 5) is 15.3. The topological polar surface area (TPSA) is 88.2 Å². The summed E-state index contributed by atoms with van der Waals surface area (Å²) in [6.45, 7) is 0. The molecule has 0 unspecified atom stereocenters. The highest BCUT2D eigenvalue weighted by molar-refractivity contribution is 7.92. The molecule has 2 aromatic rings. The molecule has 0 saturated heterocycles. The Labute approximate surface area is 121 Å². The van der Waals surface area contributed by atoms with Crippen LogP contribution in [0.3, 0.4) is 0 Å². The van der Waals surface area contributed by atoms with E-state index < -0.39 is 21.9 Å². The van der Waals surface area contributed by atoms with E-state index in [2.05, 4.69) is 15.0 Å². The van der Waals surface area contributed by atoms with E-state index >= 15 is 0 Å². The monoisotopic (exact) mass is 309 g/mol. The summed E-state index contributed by atoms with van der Waals surface area (Å²) < 4.78 is 37.9. The lowest BCUT2D eigenvalue weighted by atomic mass is 10.2. The van der Waals surface area contributed by atoms with Crippen LogP contribution in [0.15, 0.2) is 42.6 Å². The molecule has 0 spiro atoms. The van der Waals surface area contributed by atoms with E-state index in [0.29, 0.717) is 11.4 Å². The zero-order valence-electron chi connectivity index (χ0n) is 11.0.